The second-order valence-corrected chi connectivity index (χ2v) is 5.73. The molecule has 0 unspecified atom stereocenters. The van der Waals surface area contributed by atoms with Crippen LogP contribution in [0.15, 0.2) is 24.4 Å². The Labute approximate surface area is 119 Å². The molecule has 2 fully saturated rings. The van der Waals surface area contributed by atoms with Gasteiger partial charge < -0.3 is 9.64 Å². The number of carbonyl (C=O) groups is 1. The van der Waals surface area contributed by atoms with E-state index < -0.39 is 0 Å². The molecule has 0 aliphatic carbocycles. The summed E-state index contributed by atoms with van der Waals surface area (Å²) in [6.07, 6.45) is 1.80. The van der Waals surface area contributed by atoms with Crippen LogP contribution in [0.25, 0.3) is 0 Å². The van der Waals surface area contributed by atoms with Crippen LogP contribution in [0.4, 0.5) is 0 Å². The van der Waals surface area contributed by atoms with E-state index in [0.717, 1.165) is 19.7 Å². The molecule has 1 amide bonds. The summed E-state index contributed by atoms with van der Waals surface area (Å²) < 4.78 is 5.84. The van der Waals surface area contributed by atoms with Crippen LogP contribution in [0.1, 0.15) is 24.3 Å². The van der Waals surface area contributed by atoms with E-state index in [9.17, 15) is 4.79 Å². The van der Waals surface area contributed by atoms with Crippen molar-refractivity contribution in [3.05, 3.63) is 30.1 Å². The average molecular weight is 275 g/mol. The largest absolute Gasteiger partial charge is 0.373 e. The quantitative estimate of drug-likeness (QED) is 0.808. The van der Waals surface area contributed by atoms with Gasteiger partial charge in [0.1, 0.15) is 5.69 Å². The van der Waals surface area contributed by atoms with Crippen molar-refractivity contribution in [3.63, 3.8) is 0 Å². The molecule has 5 heteroatoms. The topological polar surface area (TPSA) is 45.7 Å². The Morgan fingerprint density at radius 3 is 2.95 bits per heavy atom. The third-order valence-corrected chi connectivity index (χ3v) is 4.18. The second kappa shape index (κ2) is 5.50. The van der Waals surface area contributed by atoms with Gasteiger partial charge in [0, 0.05) is 31.9 Å². The fourth-order valence-corrected chi connectivity index (χ4v) is 3.17. The zero-order valence-electron chi connectivity index (χ0n) is 12.0. The fourth-order valence-electron chi connectivity index (χ4n) is 3.17. The monoisotopic (exact) mass is 275 g/mol. The number of pyridine rings is 1. The van der Waals surface area contributed by atoms with Crippen molar-refractivity contribution in [1.29, 1.82) is 0 Å². The molecule has 2 aliphatic rings. The summed E-state index contributed by atoms with van der Waals surface area (Å²) in [4.78, 5) is 20.9. The molecule has 0 spiro atoms. The molecule has 3 rings (SSSR count). The molecular weight excluding hydrogens is 254 g/mol. The van der Waals surface area contributed by atoms with E-state index >= 15 is 0 Å². The maximum atomic E-state index is 12.5. The highest BCUT2D eigenvalue weighted by molar-refractivity contribution is 5.92. The van der Waals surface area contributed by atoms with E-state index in [2.05, 4.69) is 23.7 Å². The lowest BCUT2D eigenvalue weighted by atomic mass is 10.1. The van der Waals surface area contributed by atoms with Crippen LogP contribution in [0, 0.1) is 0 Å². The Hall–Kier alpha value is -1.46. The van der Waals surface area contributed by atoms with E-state index in [1.807, 2.05) is 17.0 Å². The Morgan fingerprint density at radius 1 is 1.40 bits per heavy atom. The van der Waals surface area contributed by atoms with Crippen LogP contribution < -0.4 is 0 Å². The fraction of sp³-hybridized carbons (Fsp3) is 0.600. The van der Waals surface area contributed by atoms with Gasteiger partial charge in [-0.05, 0) is 26.0 Å². The van der Waals surface area contributed by atoms with E-state index in [1.54, 1.807) is 12.3 Å². The van der Waals surface area contributed by atoms with E-state index in [-0.39, 0.29) is 12.0 Å². The number of carbonyl (C=O) groups excluding carboxylic acids is 1. The number of amides is 1. The predicted octanol–water partition coefficient (Wildman–Crippen LogP) is 1.02. The van der Waals surface area contributed by atoms with Crippen LogP contribution in [0.3, 0.4) is 0 Å². The van der Waals surface area contributed by atoms with Gasteiger partial charge in [0.05, 0.1) is 18.8 Å². The summed E-state index contributed by atoms with van der Waals surface area (Å²) in [6, 6.07) is 6.24. The summed E-state index contributed by atoms with van der Waals surface area (Å²) in [6.45, 7) is 7.51. The number of fused-ring (bicyclic) bond motifs is 1. The summed E-state index contributed by atoms with van der Waals surface area (Å²) in [5.74, 6) is 0.00676. The Kier molecular flexibility index (Phi) is 3.72. The minimum atomic E-state index is 0.00676. The number of likely N-dealkylation sites (tertiary alicyclic amines) is 1. The average Bonchev–Trinajstić information content (AvgIpc) is 2.90. The molecule has 3 heterocycles. The zero-order valence-corrected chi connectivity index (χ0v) is 12.0. The number of nitrogens with zero attached hydrogens (tertiary/aromatic N) is 3. The Morgan fingerprint density at radius 2 is 2.25 bits per heavy atom. The molecule has 0 saturated carbocycles. The molecule has 0 N–H and O–H groups in total. The molecule has 0 aromatic carbocycles. The van der Waals surface area contributed by atoms with Gasteiger partial charge in [-0.3, -0.25) is 14.7 Å². The first-order chi connectivity index (χ1) is 9.66. The highest BCUT2D eigenvalue weighted by Crippen LogP contribution is 2.25. The van der Waals surface area contributed by atoms with Crippen LogP contribution in [0.2, 0.25) is 0 Å². The molecule has 1 aromatic rings. The predicted molar refractivity (Wildman–Crippen MR) is 75.5 cm³/mol. The van der Waals surface area contributed by atoms with Crippen molar-refractivity contribution >= 4 is 5.91 Å². The standard InChI is InChI=1S/C15H21N3O2/c1-11(2)18-7-8-20-14-10-17(9-13(14)18)15(19)12-5-3-4-6-16-12/h3-6,11,13-14H,7-10H2,1-2H3/t13-,14+/m1/s1. The maximum Gasteiger partial charge on any atom is 0.272 e. The summed E-state index contributed by atoms with van der Waals surface area (Å²) in [5.41, 5.74) is 0.516. The molecule has 0 radical (unpaired) electrons. The van der Waals surface area contributed by atoms with Crippen LogP contribution >= 0.6 is 0 Å². The van der Waals surface area contributed by atoms with Gasteiger partial charge in [0.15, 0.2) is 0 Å². The lowest BCUT2D eigenvalue weighted by Crippen LogP contribution is -2.53. The third-order valence-electron chi connectivity index (χ3n) is 4.18. The number of rotatable bonds is 2. The highest BCUT2D eigenvalue weighted by atomic mass is 16.5. The van der Waals surface area contributed by atoms with Gasteiger partial charge in [-0.1, -0.05) is 6.07 Å². The van der Waals surface area contributed by atoms with Crippen molar-refractivity contribution in [2.75, 3.05) is 26.2 Å². The van der Waals surface area contributed by atoms with Crippen molar-refractivity contribution in [1.82, 2.24) is 14.8 Å². The molecule has 2 aliphatic heterocycles. The van der Waals surface area contributed by atoms with Gasteiger partial charge in [0.2, 0.25) is 0 Å². The first kappa shape index (κ1) is 13.5. The summed E-state index contributed by atoms with van der Waals surface area (Å²) in [5, 5.41) is 0. The van der Waals surface area contributed by atoms with Gasteiger partial charge in [-0.15, -0.1) is 0 Å². The molecule has 2 saturated heterocycles. The lowest BCUT2D eigenvalue weighted by molar-refractivity contribution is -0.0582. The van der Waals surface area contributed by atoms with Gasteiger partial charge >= 0.3 is 0 Å². The number of hydrogen-bond donors (Lipinski definition) is 0. The Bertz CT molecular complexity index is 477. The van der Waals surface area contributed by atoms with E-state index in [0.29, 0.717) is 24.3 Å². The number of aromatic nitrogens is 1. The van der Waals surface area contributed by atoms with Crippen molar-refractivity contribution in [3.8, 4) is 0 Å². The van der Waals surface area contributed by atoms with E-state index in [1.165, 1.54) is 0 Å². The zero-order chi connectivity index (χ0) is 14.1. The maximum absolute atomic E-state index is 12.5. The number of morpholine rings is 1. The molecule has 5 nitrogen and oxygen atoms in total. The number of hydrogen-bond acceptors (Lipinski definition) is 4. The second-order valence-electron chi connectivity index (χ2n) is 5.73. The SMILES string of the molecule is CC(C)N1CCO[C@H]2CN(C(=O)c3ccccn3)C[C@H]21. The van der Waals surface area contributed by atoms with Gasteiger partial charge in [0.25, 0.3) is 5.91 Å². The highest BCUT2D eigenvalue weighted by Gasteiger charge is 2.42. The lowest BCUT2D eigenvalue weighted by Gasteiger charge is -2.39. The molecule has 2 atom stereocenters. The normalized spacial score (nSPS) is 26.9. The molecule has 1 aromatic heterocycles. The third kappa shape index (κ3) is 2.43. The van der Waals surface area contributed by atoms with Crippen molar-refractivity contribution < 1.29 is 9.53 Å². The van der Waals surface area contributed by atoms with Gasteiger partial charge in [-0.25, -0.2) is 0 Å². The van der Waals surface area contributed by atoms with Crippen molar-refractivity contribution in [2.24, 2.45) is 0 Å². The molecular formula is C15H21N3O2. The van der Waals surface area contributed by atoms with Crippen molar-refractivity contribution in [2.45, 2.75) is 32.0 Å². The molecule has 20 heavy (non-hydrogen) atoms. The number of ether oxygens (including phenoxy) is 1. The Balaban J connectivity index is 1.74. The first-order valence-electron chi connectivity index (χ1n) is 7.24. The van der Waals surface area contributed by atoms with Crippen LogP contribution in [-0.4, -0.2) is 65.1 Å². The smallest absolute Gasteiger partial charge is 0.272 e. The van der Waals surface area contributed by atoms with E-state index in [4.69, 9.17) is 4.74 Å². The van der Waals surface area contributed by atoms with Crippen LogP contribution in [-0.2, 0) is 4.74 Å². The minimum absolute atomic E-state index is 0.00676. The summed E-state index contributed by atoms with van der Waals surface area (Å²) in [7, 11) is 0. The molecule has 108 valence electrons. The first-order valence-corrected chi connectivity index (χ1v) is 7.24. The minimum Gasteiger partial charge on any atom is -0.373 e. The van der Waals surface area contributed by atoms with Crippen LogP contribution in [0.5, 0.6) is 0 Å². The molecule has 0 bridgehead atoms. The summed E-state index contributed by atoms with van der Waals surface area (Å²) >= 11 is 0. The van der Waals surface area contributed by atoms with Gasteiger partial charge in [-0.2, -0.15) is 0 Å².